The number of ether oxygens (including phenoxy) is 1. The van der Waals surface area contributed by atoms with Crippen LogP contribution in [0.25, 0.3) is 5.69 Å². The molecular weight excluding hydrogens is 323 g/mol. The van der Waals surface area contributed by atoms with Gasteiger partial charge in [-0.15, -0.1) is 0 Å². The number of morpholine rings is 1. The molecule has 1 fully saturated rings. The molecule has 1 saturated heterocycles. The van der Waals surface area contributed by atoms with Gasteiger partial charge in [-0.3, -0.25) is 14.3 Å². The van der Waals surface area contributed by atoms with E-state index < -0.39 is 0 Å². The largest absolute Gasteiger partial charge is 0.373 e. The molecule has 1 aliphatic rings. The topological polar surface area (TPSA) is 59.4 Å². The standard InChI is InChI=1S/C18H23FN4O2/c1-13-10-22(11-14(2)25-13)8-7-21-18(24)17-9-20-12-23(17)16-5-3-15(19)4-6-16/h3-6,9,12-14H,7-8,10-11H2,1-2H3,(H,21,24)/t13-,14-/m0/s1. The summed E-state index contributed by atoms with van der Waals surface area (Å²) in [5.74, 6) is -0.514. The Balaban J connectivity index is 1.57. The van der Waals surface area contributed by atoms with Gasteiger partial charge in [0.1, 0.15) is 11.5 Å². The van der Waals surface area contributed by atoms with Crippen molar-refractivity contribution in [3.8, 4) is 5.69 Å². The van der Waals surface area contributed by atoms with Crippen LogP contribution in [-0.4, -0.2) is 58.7 Å². The molecule has 2 atom stereocenters. The molecular formula is C18H23FN4O2. The molecule has 0 aliphatic carbocycles. The first-order chi connectivity index (χ1) is 12.0. The van der Waals surface area contributed by atoms with Gasteiger partial charge in [0.15, 0.2) is 0 Å². The van der Waals surface area contributed by atoms with E-state index in [0.717, 1.165) is 19.6 Å². The van der Waals surface area contributed by atoms with Gasteiger partial charge in [0.05, 0.1) is 24.7 Å². The molecule has 3 rings (SSSR count). The minimum atomic E-state index is -0.316. The highest BCUT2D eigenvalue weighted by Gasteiger charge is 2.22. The van der Waals surface area contributed by atoms with E-state index in [1.807, 2.05) is 0 Å². The third kappa shape index (κ3) is 4.43. The normalized spacial score (nSPS) is 21.2. The number of imidazole rings is 1. The fraction of sp³-hybridized carbons (Fsp3) is 0.444. The summed E-state index contributed by atoms with van der Waals surface area (Å²) in [5, 5.41) is 2.93. The van der Waals surface area contributed by atoms with Gasteiger partial charge >= 0.3 is 0 Å². The number of amides is 1. The highest BCUT2D eigenvalue weighted by atomic mass is 19.1. The number of aromatic nitrogens is 2. The monoisotopic (exact) mass is 346 g/mol. The van der Waals surface area contributed by atoms with E-state index in [1.165, 1.54) is 18.3 Å². The Bertz CT molecular complexity index is 706. The first-order valence-electron chi connectivity index (χ1n) is 8.47. The molecule has 1 aliphatic heterocycles. The summed E-state index contributed by atoms with van der Waals surface area (Å²) in [7, 11) is 0. The summed E-state index contributed by atoms with van der Waals surface area (Å²) >= 11 is 0. The van der Waals surface area contributed by atoms with Crippen molar-refractivity contribution >= 4 is 5.91 Å². The summed E-state index contributed by atoms with van der Waals surface area (Å²) in [5.41, 5.74) is 1.12. The molecule has 25 heavy (non-hydrogen) atoms. The van der Waals surface area contributed by atoms with Crippen molar-refractivity contribution in [2.75, 3.05) is 26.2 Å². The zero-order chi connectivity index (χ0) is 17.8. The van der Waals surface area contributed by atoms with Crippen LogP contribution in [0.4, 0.5) is 4.39 Å². The summed E-state index contributed by atoms with van der Waals surface area (Å²) in [6, 6.07) is 5.95. The Kier molecular flexibility index (Phi) is 5.45. The van der Waals surface area contributed by atoms with Crippen LogP contribution < -0.4 is 5.32 Å². The lowest BCUT2D eigenvalue weighted by molar-refractivity contribution is -0.0672. The third-order valence-electron chi connectivity index (χ3n) is 4.18. The summed E-state index contributed by atoms with van der Waals surface area (Å²) < 4.78 is 20.4. The second-order valence-electron chi connectivity index (χ2n) is 6.40. The van der Waals surface area contributed by atoms with Crippen LogP contribution in [-0.2, 0) is 4.74 Å². The molecule has 0 saturated carbocycles. The van der Waals surface area contributed by atoms with E-state index in [2.05, 4.69) is 29.0 Å². The van der Waals surface area contributed by atoms with Gasteiger partial charge in [-0.25, -0.2) is 9.37 Å². The van der Waals surface area contributed by atoms with Gasteiger partial charge in [-0.1, -0.05) is 0 Å². The Morgan fingerprint density at radius 2 is 1.96 bits per heavy atom. The van der Waals surface area contributed by atoms with Gasteiger partial charge in [0.25, 0.3) is 5.91 Å². The van der Waals surface area contributed by atoms with Gasteiger partial charge < -0.3 is 10.1 Å². The minimum Gasteiger partial charge on any atom is -0.373 e. The van der Waals surface area contributed by atoms with Gasteiger partial charge in [0.2, 0.25) is 0 Å². The molecule has 1 amide bonds. The van der Waals surface area contributed by atoms with Crippen LogP contribution in [0.15, 0.2) is 36.8 Å². The molecule has 2 heterocycles. The number of hydrogen-bond acceptors (Lipinski definition) is 4. The molecule has 1 aromatic heterocycles. The lowest BCUT2D eigenvalue weighted by Gasteiger charge is -2.35. The van der Waals surface area contributed by atoms with Crippen molar-refractivity contribution in [3.63, 3.8) is 0 Å². The number of carbonyl (C=O) groups excluding carboxylic acids is 1. The number of carbonyl (C=O) groups is 1. The number of nitrogens with zero attached hydrogens (tertiary/aromatic N) is 3. The number of benzene rings is 1. The molecule has 134 valence electrons. The van der Waals surface area contributed by atoms with Crippen molar-refractivity contribution < 1.29 is 13.9 Å². The Hall–Kier alpha value is -2.25. The fourth-order valence-corrected chi connectivity index (χ4v) is 3.16. The Labute approximate surface area is 146 Å². The van der Waals surface area contributed by atoms with Crippen molar-refractivity contribution in [1.82, 2.24) is 19.8 Å². The molecule has 1 aromatic carbocycles. The van der Waals surface area contributed by atoms with E-state index in [-0.39, 0.29) is 23.9 Å². The van der Waals surface area contributed by atoms with Gasteiger partial charge in [-0.2, -0.15) is 0 Å². The summed E-state index contributed by atoms with van der Waals surface area (Å²) in [4.78, 5) is 18.8. The van der Waals surface area contributed by atoms with Gasteiger partial charge in [0, 0.05) is 31.9 Å². The molecule has 0 unspecified atom stereocenters. The van der Waals surface area contributed by atoms with Crippen LogP contribution in [0.3, 0.4) is 0 Å². The number of hydrogen-bond donors (Lipinski definition) is 1. The zero-order valence-electron chi connectivity index (χ0n) is 14.5. The van der Waals surface area contributed by atoms with Crippen molar-refractivity contribution in [2.24, 2.45) is 0 Å². The SMILES string of the molecule is C[C@H]1CN(CCNC(=O)c2cncn2-c2ccc(F)cc2)C[C@H](C)O1. The third-order valence-corrected chi connectivity index (χ3v) is 4.18. The van der Waals surface area contributed by atoms with Crippen LogP contribution in [0, 0.1) is 5.82 Å². The second kappa shape index (κ2) is 7.76. The quantitative estimate of drug-likeness (QED) is 0.898. The average molecular weight is 346 g/mol. The van der Waals surface area contributed by atoms with Crippen LogP contribution in [0.5, 0.6) is 0 Å². The van der Waals surface area contributed by atoms with Crippen LogP contribution in [0.1, 0.15) is 24.3 Å². The highest BCUT2D eigenvalue weighted by molar-refractivity contribution is 5.92. The number of nitrogens with one attached hydrogen (secondary N) is 1. The van der Waals surface area contributed by atoms with E-state index in [0.29, 0.717) is 17.9 Å². The molecule has 7 heteroatoms. The maximum atomic E-state index is 13.1. The number of halogens is 1. The molecule has 6 nitrogen and oxygen atoms in total. The van der Waals surface area contributed by atoms with Crippen LogP contribution in [0.2, 0.25) is 0 Å². The Morgan fingerprint density at radius 1 is 1.28 bits per heavy atom. The molecule has 1 N–H and O–H groups in total. The lowest BCUT2D eigenvalue weighted by atomic mass is 10.2. The average Bonchev–Trinajstić information content (AvgIpc) is 3.04. The molecule has 0 bridgehead atoms. The van der Waals surface area contributed by atoms with E-state index >= 15 is 0 Å². The van der Waals surface area contributed by atoms with Crippen molar-refractivity contribution in [1.29, 1.82) is 0 Å². The smallest absolute Gasteiger partial charge is 0.269 e. The first kappa shape index (κ1) is 17.6. The fourth-order valence-electron chi connectivity index (χ4n) is 3.16. The molecule has 0 spiro atoms. The first-order valence-corrected chi connectivity index (χ1v) is 8.47. The van der Waals surface area contributed by atoms with Crippen molar-refractivity contribution in [2.45, 2.75) is 26.1 Å². The lowest BCUT2D eigenvalue weighted by Crippen LogP contribution is -2.47. The summed E-state index contributed by atoms with van der Waals surface area (Å²) in [6.45, 7) is 7.17. The molecule has 0 radical (unpaired) electrons. The second-order valence-corrected chi connectivity index (χ2v) is 6.40. The minimum absolute atomic E-state index is 0.198. The maximum Gasteiger partial charge on any atom is 0.269 e. The van der Waals surface area contributed by atoms with E-state index in [9.17, 15) is 9.18 Å². The van der Waals surface area contributed by atoms with E-state index in [4.69, 9.17) is 4.74 Å². The molecule has 2 aromatic rings. The Morgan fingerprint density at radius 3 is 2.64 bits per heavy atom. The predicted octanol–water partition coefficient (Wildman–Crippen LogP) is 1.85. The summed E-state index contributed by atoms with van der Waals surface area (Å²) in [6.07, 6.45) is 3.48. The maximum absolute atomic E-state index is 13.1. The number of rotatable bonds is 5. The van der Waals surface area contributed by atoms with Crippen molar-refractivity contribution in [3.05, 3.63) is 48.3 Å². The zero-order valence-corrected chi connectivity index (χ0v) is 14.5. The van der Waals surface area contributed by atoms with Crippen LogP contribution >= 0.6 is 0 Å². The highest BCUT2D eigenvalue weighted by Crippen LogP contribution is 2.12. The predicted molar refractivity (Wildman–Crippen MR) is 92.3 cm³/mol. The van der Waals surface area contributed by atoms with E-state index in [1.54, 1.807) is 23.0 Å². The van der Waals surface area contributed by atoms with Gasteiger partial charge in [-0.05, 0) is 38.1 Å².